The van der Waals surface area contributed by atoms with Crippen LogP contribution in [0.1, 0.15) is 71.3 Å². The molecule has 3 rings (SSSR count). The summed E-state index contributed by atoms with van der Waals surface area (Å²) in [5.41, 5.74) is 4.31. The lowest BCUT2D eigenvalue weighted by molar-refractivity contribution is 0.219. The Balaban J connectivity index is 0.00000126. The van der Waals surface area contributed by atoms with Crippen LogP contribution < -0.4 is 4.90 Å². The molecule has 0 aromatic heterocycles. The molecule has 0 atom stereocenters. The summed E-state index contributed by atoms with van der Waals surface area (Å²) in [5, 5.41) is 0. The molecule has 0 amide bonds. The first-order valence-electron chi connectivity index (χ1n) is 10.4. The lowest BCUT2D eigenvalue weighted by atomic mass is 9.72. The van der Waals surface area contributed by atoms with Crippen molar-refractivity contribution in [1.82, 2.24) is 0 Å². The molecule has 27 heavy (non-hydrogen) atoms. The van der Waals surface area contributed by atoms with Crippen molar-refractivity contribution in [1.29, 1.82) is 0 Å². The van der Waals surface area contributed by atoms with E-state index in [2.05, 4.69) is 99.8 Å². The van der Waals surface area contributed by atoms with Gasteiger partial charge in [-0.05, 0) is 60.8 Å². The Hall–Kier alpha value is -1.41. The van der Waals surface area contributed by atoms with Crippen molar-refractivity contribution >= 4 is 24.0 Å². The smallest absolute Gasteiger partial charge is 0.0474 e. The van der Waals surface area contributed by atoms with E-state index in [0.29, 0.717) is 11.8 Å². The molecule has 2 aromatic rings. The van der Waals surface area contributed by atoms with E-state index in [1.807, 2.05) is 0 Å². The van der Waals surface area contributed by atoms with Gasteiger partial charge in [0.15, 0.2) is 0 Å². The SMILES string of the molecule is CC(C)c1ccc(N(c2ccccc2)C2(C(C)C)CCCCC2)cc1.CS. The van der Waals surface area contributed by atoms with E-state index >= 15 is 0 Å². The number of hydrogen-bond donors (Lipinski definition) is 1. The van der Waals surface area contributed by atoms with Gasteiger partial charge in [-0.25, -0.2) is 0 Å². The molecule has 1 saturated carbocycles. The Labute approximate surface area is 172 Å². The van der Waals surface area contributed by atoms with Gasteiger partial charge in [0.25, 0.3) is 0 Å². The molecule has 0 unspecified atom stereocenters. The highest BCUT2D eigenvalue weighted by Gasteiger charge is 2.41. The summed E-state index contributed by atoms with van der Waals surface area (Å²) in [7, 11) is 0. The number of rotatable bonds is 5. The average molecular weight is 384 g/mol. The summed E-state index contributed by atoms with van der Waals surface area (Å²) in [6.45, 7) is 9.34. The van der Waals surface area contributed by atoms with Gasteiger partial charge in [-0.3, -0.25) is 0 Å². The fourth-order valence-electron chi connectivity index (χ4n) is 4.47. The normalized spacial score (nSPS) is 16.0. The Morgan fingerprint density at radius 2 is 1.26 bits per heavy atom. The van der Waals surface area contributed by atoms with Crippen LogP contribution in [0.2, 0.25) is 0 Å². The van der Waals surface area contributed by atoms with E-state index in [1.54, 1.807) is 6.26 Å². The number of benzene rings is 2. The van der Waals surface area contributed by atoms with Crippen molar-refractivity contribution in [3.05, 3.63) is 60.2 Å². The molecule has 1 aliphatic carbocycles. The Morgan fingerprint density at radius 1 is 0.741 bits per heavy atom. The summed E-state index contributed by atoms with van der Waals surface area (Å²) in [6.07, 6.45) is 8.32. The lowest BCUT2D eigenvalue weighted by Gasteiger charge is -2.51. The second-order valence-electron chi connectivity index (χ2n) is 8.24. The van der Waals surface area contributed by atoms with Crippen molar-refractivity contribution < 1.29 is 0 Å². The minimum Gasteiger partial charge on any atom is -0.335 e. The van der Waals surface area contributed by atoms with Crippen LogP contribution in [0.25, 0.3) is 0 Å². The summed E-state index contributed by atoms with van der Waals surface area (Å²) >= 11 is 3.53. The minimum absolute atomic E-state index is 0.221. The van der Waals surface area contributed by atoms with Crippen LogP contribution in [0.3, 0.4) is 0 Å². The molecule has 1 aliphatic rings. The van der Waals surface area contributed by atoms with Crippen LogP contribution in [0.4, 0.5) is 11.4 Å². The molecular formula is C25H37NS. The van der Waals surface area contributed by atoms with Crippen molar-refractivity contribution in [2.45, 2.75) is 71.3 Å². The standard InChI is InChI=1S/C24H33N.CH4S/c1-19(2)21-13-15-23(16-14-21)25(22-11-7-5-8-12-22)24(20(3)4)17-9-6-10-18-24;1-2/h5,7-8,11-16,19-20H,6,9-10,17-18H2,1-4H3;2H,1H3. The summed E-state index contributed by atoms with van der Waals surface area (Å²) in [4.78, 5) is 2.65. The zero-order chi connectivity index (χ0) is 19.9. The fourth-order valence-corrected chi connectivity index (χ4v) is 4.47. The molecular weight excluding hydrogens is 346 g/mol. The molecule has 2 heteroatoms. The molecule has 0 spiro atoms. The van der Waals surface area contributed by atoms with Gasteiger partial charge >= 0.3 is 0 Å². The third-order valence-electron chi connectivity index (χ3n) is 6.07. The van der Waals surface area contributed by atoms with Gasteiger partial charge in [0, 0.05) is 16.9 Å². The highest BCUT2D eigenvalue weighted by molar-refractivity contribution is 7.79. The largest absolute Gasteiger partial charge is 0.335 e. The van der Waals surface area contributed by atoms with E-state index in [0.717, 1.165) is 0 Å². The summed E-state index contributed by atoms with van der Waals surface area (Å²) in [6, 6.07) is 20.3. The van der Waals surface area contributed by atoms with Crippen LogP contribution in [0, 0.1) is 5.92 Å². The van der Waals surface area contributed by atoms with Gasteiger partial charge in [0.2, 0.25) is 0 Å². The van der Waals surface area contributed by atoms with Crippen LogP contribution in [-0.2, 0) is 0 Å². The maximum atomic E-state index is 3.53. The van der Waals surface area contributed by atoms with Crippen molar-refractivity contribution in [3.63, 3.8) is 0 Å². The molecule has 0 bridgehead atoms. The maximum Gasteiger partial charge on any atom is 0.0474 e. The van der Waals surface area contributed by atoms with Gasteiger partial charge < -0.3 is 4.90 Å². The topological polar surface area (TPSA) is 3.24 Å². The summed E-state index contributed by atoms with van der Waals surface area (Å²) in [5.74, 6) is 1.20. The van der Waals surface area contributed by atoms with E-state index in [1.165, 1.54) is 49.0 Å². The first-order valence-corrected chi connectivity index (χ1v) is 11.3. The van der Waals surface area contributed by atoms with Crippen molar-refractivity contribution in [3.8, 4) is 0 Å². The van der Waals surface area contributed by atoms with E-state index in [9.17, 15) is 0 Å². The molecule has 0 N–H and O–H groups in total. The quantitative estimate of drug-likeness (QED) is 0.514. The highest BCUT2D eigenvalue weighted by Crippen LogP contribution is 2.46. The van der Waals surface area contributed by atoms with Crippen LogP contribution >= 0.6 is 12.6 Å². The van der Waals surface area contributed by atoms with E-state index in [4.69, 9.17) is 0 Å². The predicted molar refractivity (Wildman–Crippen MR) is 125 cm³/mol. The van der Waals surface area contributed by atoms with Gasteiger partial charge in [-0.2, -0.15) is 12.6 Å². The molecule has 0 radical (unpaired) electrons. The highest BCUT2D eigenvalue weighted by atomic mass is 32.1. The Morgan fingerprint density at radius 3 is 1.74 bits per heavy atom. The van der Waals surface area contributed by atoms with Gasteiger partial charge in [0.1, 0.15) is 0 Å². The van der Waals surface area contributed by atoms with Crippen molar-refractivity contribution in [2.24, 2.45) is 5.92 Å². The zero-order valence-corrected chi connectivity index (χ0v) is 18.7. The fraction of sp³-hybridized carbons (Fsp3) is 0.520. The van der Waals surface area contributed by atoms with Crippen molar-refractivity contribution in [2.75, 3.05) is 11.2 Å². The van der Waals surface area contributed by atoms with Gasteiger partial charge in [0.05, 0.1) is 0 Å². The first-order chi connectivity index (χ1) is 13.0. The Kier molecular flexibility index (Phi) is 8.28. The van der Waals surface area contributed by atoms with Crippen LogP contribution in [-0.4, -0.2) is 11.8 Å². The summed E-state index contributed by atoms with van der Waals surface area (Å²) < 4.78 is 0. The molecule has 0 saturated heterocycles. The van der Waals surface area contributed by atoms with E-state index < -0.39 is 0 Å². The number of hydrogen-bond acceptors (Lipinski definition) is 2. The number of para-hydroxylation sites is 1. The molecule has 1 fully saturated rings. The number of nitrogens with zero attached hydrogens (tertiary/aromatic N) is 1. The minimum atomic E-state index is 0.221. The monoisotopic (exact) mass is 383 g/mol. The van der Waals surface area contributed by atoms with Gasteiger partial charge in [-0.1, -0.05) is 77.3 Å². The lowest BCUT2D eigenvalue weighted by Crippen LogP contribution is -2.51. The maximum absolute atomic E-state index is 3.53. The van der Waals surface area contributed by atoms with Gasteiger partial charge in [-0.15, -0.1) is 0 Å². The second-order valence-corrected chi connectivity index (χ2v) is 8.24. The molecule has 1 nitrogen and oxygen atoms in total. The average Bonchev–Trinajstić information content (AvgIpc) is 2.71. The van der Waals surface area contributed by atoms with Crippen LogP contribution in [0.15, 0.2) is 54.6 Å². The number of thiol groups is 1. The molecule has 148 valence electrons. The third kappa shape index (κ3) is 4.90. The Bertz CT molecular complexity index is 654. The molecule has 0 heterocycles. The first kappa shape index (κ1) is 21.9. The molecule has 2 aromatic carbocycles. The zero-order valence-electron chi connectivity index (χ0n) is 17.8. The third-order valence-corrected chi connectivity index (χ3v) is 6.07. The predicted octanol–water partition coefficient (Wildman–Crippen LogP) is 7.85. The second kappa shape index (κ2) is 10.2. The number of anilines is 2. The van der Waals surface area contributed by atoms with E-state index in [-0.39, 0.29) is 5.54 Å². The van der Waals surface area contributed by atoms with Crippen LogP contribution in [0.5, 0.6) is 0 Å². The molecule has 0 aliphatic heterocycles.